The van der Waals surface area contributed by atoms with Crippen LogP contribution in [0.1, 0.15) is 30.6 Å². The summed E-state index contributed by atoms with van der Waals surface area (Å²) in [5, 5.41) is 3.32. The molecular weight excluding hydrogens is 240 g/mol. The third-order valence-corrected chi connectivity index (χ3v) is 3.37. The van der Waals surface area contributed by atoms with E-state index < -0.39 is 0 Å². The molecule has 19 heavy (non-hydrogen) atoms. The number of nitrogens with zero attached hydrogens (tertiary/aromatic N) is 1. The third kappa shape index (κ3) is 3.26. The van der Waals surface area contributed by atoms with Gasteiger partial charge in [-0.1, -0.05) is 12.1 Å². The number of likely N-dealkylation sites (tertiary alicyclic amines) is 1. The van der Waals surface area contributed by atoms with Crippen LogP contribution in [-0.4, -0.2) is 43.2 Å². The van der Waals surface area contributed by atoms with Gasteiger partial charge in [-0.05, 0) is 32.4 Å². The van der Waals surface area contributed by atoms with Gasteiger partial charge in [0.05, 0.1) is 11.7 Å². The van der Waals surface area contributed by atoms with Crippen LogP contribution >= 0.6 is 0 Å². The minimum Gasteiger partial charge on any atom is -0.382 e. The van der Waals surface area contributed by atoms with Gasteiger partial charge in [0, 0.05) is 31.9 Å². The van der Waals surface area contributed by atoms with E-state index in [0.29, 0.717) is 12.6 Å². The summed E-state index contributed by atoms with van der Waals surface area (Å²) in [6, 6.07) is 8.00. The molecule has 2 rings (SSSR count). The zero-order chi connectivity index (χ0) is 13.8. The maximum atomic E-state index is 12.5. The molecule has 0 spiro atoms. The van der Waals surface area contributed by atoms with Crippen molar-refractivity contribution in [3.63, 3.8) is 0 Å². The van der Waals surface area contributed by atoms with Crippen LogP contribution in [0.4, 0.5) is 5.69 Å². The second kappa shape index (κ2) is 6.06. The Bertz CT molecular complexity index is 446. The quantitative estimate of drug-likeness (QED) is 0.905. The Hall–Kier alpha value is -1.55. The monoisotopic (exact) mass is 262 g/mol. The number of amides is 1. The number of carbonyl (C=O) groups is 1. The molecule has 1 aromatic carbocycles. The van der Waals surface area contributed by atoms with Gasteiger partial charge in [-0.15, -0.1) is 0 Å². The smallest absolute Gasteiger partial charge is 0.256 e. The number of nitrogens with one attached hydrogen (secondary N) is 1. The molecule has 1 fully saturated rings. The van der Waals surface area contributed by atoms with Gasteiger partial charge in [0.2, 0.25) is 0 Å². The Kier molecular flexibility index (Phi) is 4.43. The molecule has 1 atom stereocenters. The number of hydrogen-bond donors (Lipinski definition) is 1. The maximum absolute atomic E-state index is 12.5. The number of benzene rings is 1. The van der Waals surface area contributed by atoms with Crippen LogP contribution in [0.5, 0.6) is 0 Å². The molecule has 0 aromatic heterocycles. The molecule has 1 heterocycles. The van der Waals surface area contributed by atoms with Crippen LogP contribution in [0.2, 0.25) is 0 Å². The Morgan fingerprint density at radius 1 is 1.42 bits per heavy atom. The zero-order valence-corrected chi connectivity index (χ0v) is 11.8. The fourth-order valence-corrected chi connectivity index (χ4v) is 2.38. The van der Waals surface area contributed by atoms with Crippen LogP contribution in [0.3, 0.4) is 0 Å². The average molecular weight is 262 g/mol. The molecular formula is C15H22N2O2. The largest absolute Gasteiger partial charge is 0.382 e. The summed E-state index contributed by atoms with van der Waals surface area (Å²) in [6.45, 7) is 5.59. The molecule has 0 radical (unpaired) electrons. The van der Waals surface area contributed by atoms with E-state index in [1.54, 1.807) is 7.11 Å². The van der Waals surface area contributed by atoms with E-state index >= 15 is 0 Å². The first kappa shape index (κ1) is 13.9. The molecule has 1 aromatic rings. The van der Waals surface area contributed by atoms with E-state index in [0.717, 1.165) is 24.2 Å². The molecule has 0 aliphatic carbocycles. The molecule has 0 bridgehead atoms. The highest BCUT2D eigenvalue weighted by Gasteiger charge is 2.27. The van der Waals surface area contributed by atoms with Crippen molar-refractivity contribution in [3.8, 4) is 0 Å². The van der Waals surface area contributed by atoms with Crippen molar-refractivity contribution in [2.24, 2.45) is 0 Å². The number of rotatable bonds is 4. The Balaban J connectivity index is 2.15. The number of anilines is 1. The number of para-hydroxylation sites is 1. The van der Waals surface area contributed by atoms with Gasteiger partial charge in [-0.2, -0.15) is 0 Å². The second-order valence-electron chi connectivity index (χ2n) is 5.24. The van der Waals surface area contributed by atoms with Gasteiger partial charge < -0.3 is 15.0 Å². The van der Waals surface area contributed by atoms with Gasteiger partial charge in [0.15, 0.2) is 0 Å². The summed E-state index contributed by atoms with van der Waals surface area (Å²) in [4.78, 5) is 14.4. The van der Waals surface area contributed by atoms with E-state index in [-0.39, 0.29) is 12.0 Å². The van der Waals surface area contributed by atoms with Gasteiger partial charge >= 0.3 is 0 Å². The SMILES string of the molecule is COC1CCN(C(=O)c2ccccc2NC(C)C)C1. The standard InChI is InChI=1S/C15H22N2O2/c1-11(2)16-14-7-5-4-6-13(14)15(18)17-9-8-12(10-17)19-3/h4-7,11-12,16H,8-10H2,1-3H3. The predicted molar refractivity (Wildman–Crippen MR) is 76.5 cm³/mol. The van der Waals surface area contributed by atoms with E-state index in [1.807, 2.05) is 29.2 Å². The topological polar surface area (TPSA) is 41.6 Å². The summed E-state index contributed by atoms with van der Waals surface area (Å²) in [7, 11) is 1.70. The van der Waals surface area contributed by atoms with Gasteiger partial charge in [-0.25, -0.2) is 0 Å². The number of hydrogen-bond acceptors (Lipinski definition) is 3. The summed E-state index contributed by atoms with van der Waals surface area (Å²) >= 11 is 0. The molecule has 1 saturated heterocycles. The van der Waals surface area contributed by atoms with Crippen LogP contribution in [0, 0.1) is 0 Å². The molecule has 4 heteroatoms. The van der Waals surface area contributed by atoms with Crippen LogP contribution in [0.25, 0.3) is 0 Å². The molecule has 4 nitrogen and oxygen atoms in total. The van der Waals surface area contributed by atoms with Crippen LogP contribution < -0.4 is 5.32 Å². The second-order valence-corrected chi connectivity index (χ2v) is 5.24. The number of ether oxygens (including phenoxy) is 1. The average Bonchev–Trinajstić information content (AvgIpc) is 2.86. The lowest BCUT2D eigenvalue weighted by Gasteiger charge is -2.20. The molecule has 1 amide bonds. The van der Waals surface area contributed by atoms with Gasteiger partial charge in [0.1, 0.15) is 0 Å². The Morgan fingerprint density at radius 3 is 2.79 bits per heavy atom. The van der Waals surface area contributed by atoms with Crippen molar-refractivity contribution in [1.82, 2.24) is 4.90 Å². The van der Waals surface area contributed by atoms with Gasteiger partial charge in [0.25, 0.3) is 5.91 Å². The summed E-state index contributed by atoms with van der Waals surface area (Å²) in [5.41, 5.74) is 1.65. The minimum absolute atomic E-state index is 0.0864. The van der Waals surface area contributed by atoms with Crippen molar-refractivity contribution >= 4 is 11.6 Å². The molecule has 104 valence electrons. The number of carbonyl (C=O) groups excluding carboxylic acids is 1. The maximum Gasteiger partial charge on any atom is 0.256 e. The molecule has 0 saturated carbocycles. The molecule has 1 aliphatic rings. The van der Waals surface area contributed by atoms with Crippen molar-refractivity contribution in [3.05, 3.63) is 29.8 Å². The first-order chi connectivity index (χ1) is 9.11. The summed E-state index contributed by atoms with van der Waals surface area (Å²) in [6.07, 6.45) is 1.09. The predicted octanol–water partition coefficient (Wildman–Crippen LogP) is 2.37. The summed E-state index contributed by atoms with van der Waals surface area (Å²) in [5.74, 6) is 0.0864. The van der Waals surface area contributed by atoms with E-state index in [9.17, 15) is 4.79 Å². The first-order valence-corrected chi connectivity index (χ1v) is 6.79. The highest BCUT2D eigenvalue weighted by molar-refractivity contribution is 5.99. The fraction of sp³-hybridized carbons (Fsp3) is 0.533. The lowest BCUT2D eigenvalue weighted by Crippen LogP contribution is -2.30. The normalized spacial score (nSPS) is 18.9. The minimum atomic E-state index is 0.0864. The molecule has 1 aliphatic heterocycles. The van der Waals surface area contributed by atoms with Crippen molar-refractivity contribution in [2.75, 3.05) is 25.5 Å². The zero-order valence-electron chi connectivity index (χ0n) is 11.8. The first-order valence-electron chi connectivity index (χ1n) is 6.79. The van der Waals surface area contributed by atoms with E-state index in [4.69, 9.17) is 4.74 Å². The lowest BCUT2D eigenvalue weighted by molar-refractivity contribution is 0.0725. The summed E-state index contributed by atoms with van der Waals surface area (Å²) < 4.78 is 5.31. The number of methoxy groups -OCH3 is 1. The van der Waals surface area contributed by atoms with Gasteiger partial charge in [-0.3, -0.25) is 4.79 Å². The Morgan fingerprint density at radius 2 is 2.16 bits per heavy atom. The molecule has 1 N–H and O–H groups in total. The highest BCUT2D eigenvalue weighted by Crippen LogP contribution is 2.21. The van der Waals surface area contributed by atoms with Crippen molar-refractivity contribution in [1.29, 1.82) is 0 Å². The van der Waals surface area contributed by atoms with Crippen molar-refractivity contribution < 1.29 is 9.53 Å². The van der Waals surface area contributed by atoms with Crippen LogP contribution in [0.15, 0.2) is 24.3 Å². The van der Waals surface area contributed by atoms with Crippen molar-refractivity contribution in [2.45, 2.75) is 32.4 Å². The third-order valence-electron chi connectivity index (χ3n) is 3.37. The molecule has 1 unspecified atom stereocenters. The van der Waals surface area contributed by atoms with E-state index in [1.165, 1.54) is 0 Å². The lowest BCUT2D eigenvalue weighted by atomic mass is 10.1. The Labute approximate surface area is 114 Å². The van der Waals surface area contributed by atoms with Crippen LogP contribution in [-0.2, 0) is 4.74 Å². The van der Waals surface area contributed by atoms with E-state index in [2.05, 4.69) is 19.2 Å². The highest BCUT2D eigenvalue weighted by atomic mass is 16.5. The fourth-order valence-electron chi connectivity index (χ4n) is 2.38.